The molecule has 0 bridgehead atoms. The van der Waals surface area contributed by atoms with Crippen LogP contribution < -0.4 is 26.8 Å². The van der Waals surface area contributed by atoms with Crippen molar-refractivity contribution in [1.82, 2.24) is 24.2 Å². The maximum atomic E-state index is 13.1. The molecule has 14 heteroatoms. The van der Waals surface area contributed by atoms with Crippen molar-refractivity contribution in [2.24, 2.45) is 5.14 Å². The number of amides is 1. The van der Waals surface area contributed by atoms with E-state index in [1.807, 2.05) is 0 Å². The molecular formula is C19H16ClN7O5S. The number of nitrogen functional groups attached to an aromatic ring is 1. The SMILES string of the molecule is Nc1cc(Cn2c(C(=O)NS(N)(=O)=O)c(-c3c[nH]c(=O)[nH]c3=O)c3cc(Cl)ccc32)ccn1. The molecule has 0 aliphatic carbocycles. The van der Waals surface area contributed by atoms with E-state index in [0.29, 0.717) is 21.5 Å². The normalized spacial score (nSPS) is 11.6. The van der Waals surface area contributed by atoms with Crippen LogP contribution in [0.15, 0.2) is 52.3 Å². The van der Waals surface area contributed by atoms with E-state index in [2.05, 4.69) is 15.0 Å². The number of carbonyl (C=O) groups excluding carboxylic acids is 1. The second-order valence-electron chi connectivity index (χ2n) is 7.02. The number of nitrogens with zero attached hydrogens (tertiary/aromatic N) is 2. The largest absolute Gasteiger partial charge is 0.384 e. The zero-order valence-corrected chi connectivity index (χ0v) is 18.2. The van der Waals surface area contributed by atoms with Crippen molar-refractivity contribution in [2.75, 3.05) is 5.73 Å². The van der Waals surface area contributed by atoms with E-state index in [-0.39, 0.29) is 29.2 Å². The molecule has 33 heavy (non-hydrogen) atoms. The summed E-state index contributed by atoms with van der Waals surface area (Å²) in [6.45, 7) is 0.0550. The van der Waals surface area contributed by atoms with Crippen molar-refractivity contribution in [1.29, 1.82) is 0 Å². The summed E-state index contributed by atoms with van der Waals surface area (Å²) < 4.78 is 26.5. The van der Waals surface area contributed by atoms with Gasteiger partial charge in [-0.1, -0.05) is 11.6 Å². The highest BCUT2D eigenvalue weighted by atomic mass is 35.5. The van der Waals surface area contributed by atoms with Crippen LogP contribution in [0.1, 0.15) is 16.1 Å². The van der Waals surface area contributed by atoms with Gasteiger partial charge in [0.2, 0.25) is 0 Å². The standard InChI is InChI=1S/C19H16ClN7O5S/c20-10-1-2-13-11(6-10)15(12-7-24-19(30)25-17(12)28)16(18(29)26-33(22,31)32)27(13)8-9-3-4-23-14(21)5-9/h1-7H,8H2,(H2,21,23)(H,26,29)(H2,22,31,32)(H2,24,25,28,30). The molecule has 4 rings (SSSR count). The zero-order valence-electron chi connectivity index (χ0n) is 16.6. The maximum Gasteiger partial charge on any atom is 0.325 e. The molecule has 0 aliphatic heterocycles. The number of hydrogen-bond donors (Lipinski definition) is 5. The summed E-state index contributed by atoms with van der Waals surface area (Å²) in [4.78, 5) is 45.7. The van der Waals surface area contributed by atoms with Crippen LogP contribution in [-0.2, 0) is 16.8 Å². The van der Waals surface area contributed by atoms with Gasteiger partial charge in [-0.2, -0.15) is 8.42 Å². The summed E-state index contributed by atoms with van der Waals surface area (Å²) in [5.41, 5.74) is 5.07. The van der Waals surface area contributed by atoms with Crippen LogP contribution in [0, 0.1) is 0 Å². The van der Waals surface area contributed by atoms with E-state index < -0.39 is 27.4 Å². The summed E-state index contributed by atoms with van der Waals surface area (Å²) in [5.74, 6) is -0.854. The highest BCUT2D eigenvalue weighted by Gasteiger charge is 2.27. The van der Waals surface area contributed by atoms with Gasteiger partial charge < -0.3 is 15.3 Å². The Morgan fingerprint density at radius 3 is 2.64 bits per heavy atom. The number of H-pyrrole nitrogens is 2. The fraction of sp³-hybridized carbons (Fsp3) is 0.0526. The number of halogens is 1. The Morgan fingerprint density at radius 1 is 1.21 bits per heavy atom. The van der Waals surface area contributed by atoms with Gasteiger partial charge in [-0.15, -0.1) is 0 Å². The Labute approximate surface area is 190 Å². The minimum Gasteiger partial charge on any atom is -0.384 e. The number of carbonyl (C=O) groups is 1. The van der Waals surface area contributed by atoms with Crippen molar-refractivity contribution >= 4 is 44.4 Å². The monoisotopic (exact) mass is 489 g/mol. The van der Waals surface area contributed by atoms with Crippen molar-refractivity contribution in [3.8, 4) is 11.1 Å². The summed E-state index contributed by atoms with van der Waals surface area (Å²) in [6, 6.07) is 7.94. The Bertz CT molecular complexity index is 1640. The number of nitrogens with one attached hydrogen (secondary N) is 3. The number of fused-ring (bicyclic) bond motifs is 1. The summed E-state index contributed by atoms with van der Waals surface area (Å²) in [5, 5.41) is 5.68. The second kappa shape index (κ2) is 8.20. The second-order valence-corrected chi connectivity index (χ2v) is 8.75. The van der Waals surface area contributed by atoms with E-state index in [1.54, 1.807) is 29.0 Å². The lowest BCUT2D eigenvalue weighted by Gasteiger charge is -2.12. The highest BCUT2D eigenvalue weighted by molar-refractivity contribution is 7.87. The fourth-order valence-corrected chi connectivity index (χ4v) is 4.08. The first-order valence-corrected chi connectivity index (χ1v) is 11.2. The predicted octanol–water partition coefficient (Wildman–Crippen LogP) is 0.297. The highest BCUT2D eigenvalue weighted by Crippen LogP contribution is 2.35. The topological polar surface area (TPSA) is 199 Å². The lowest BCUT2D eigenvalue weighted by Crippen LogP contribution is -2.37. The average Bonchev–Trinajstić information content (AvgIpc) is 3.00. The number of aromatic nitrogens is 4. The number of benzene rings is 1. The van der Waals surface area contributed by atoms with Crippen LogP contribution in [-0.4, -0.2) is 33.8 Å². The van der Waals surface area contributed by atoms with Gasteiger partial charge in [0.05, 0.1) is 5.56 Å². The molecule has 0 saturated heterocycles. The van der Waals surface area contributed by atoms with Gasteiger partial charge in [-0.05, 0) is 35.9 Å². The molecule has 0 aliphatic rings. The fourth-order valence-electron chi connectivity index (χ4n) is 3.55. The number of hydrogen-bond acceptors (Lipinski definition) is 7. The lowest BCUT2D eigenvalue weighted by molar-refractivity contribution is 0.0974. The van der Waals surface area contributed by atoms with Crippen molar-refractivity contribution in [2.45, 2.75) is 6.54 Å². The van der Waals surface area contributed by atoms with Gasteiger partial charge in [-0.25, -0.2) is 19.6 Å². The molecule has 0 fully saturated rings. The van der Waals surface area contributed by atoms with Crippen molar-refractivity contribution < 1.29 is 13.2 Å². The number of nitrogens with two attached hydrogens (primary N) is 2. The predicted molar refractivity (Wildman–Crippen MR) is 122 cm³/mol. The van der Waals surface area contributed by atoms with E-state index in [4.69, 9.17) is 22.5 Å². The maximum absolute atomic E-state index is 13.1. The molecule has 0 unspecified atom stereocenters. The first kappa shape index (κ1) is 22.3. The Hall–Kier alpha value is -3.94. The molecular weight excluding hydrogens is 474 g/mol. The van der Waals surface area contributed by atoms with Gasteiger partial charge in [0.25, 0.3) is 21.7 Å². The lowest BCUT2D eigenvalue weighted by atomic mass is 10.0. The third-order valence-corrected chi connectivity index (χ3v) is 5.46. The number of aromatic amines is 2. The summed E-state index contributed by atoms with van der Waals surface area (Å²) in [6.07, 6.45) is 2.60. The van der Waals surface area contributed by atoms with Gasteiger partial charge >= 0.3 is 5.69 Å². The molecule has 0 radical (unpaired) electrons. The molecule has 3 heterocycles. The van der Waals surface area contributed by atoms with Gasteiger partial charge in [0, 0.05) is 40.4 Å². The van der Waals surface area contributed by atoms with E-state index in [0.717, 1.165) is 6.20 Å². The number of rotatable bonds is 5. The Morgan fingerprint density at radius 2 is 1.97 bits per heavy atom. The molecule has 0 spiro atoms. The van der Waals surface area contributed by atoms with Crippen LogP contribution in [0.2, 0.25) is 5.02 Å². The summed E-state index contributed by atoms with van der Waals surface area (Å²) in [7, 11) is -4.44. The molecule has 7 N–H and O–H groups in total. The molecule has 170 valence electrons. The summed E-state index contributed by atoms with van der Waals surface area (Å²) >= 11 is 6.18. The van der Waals surface area contributed by atoms with Crippen LogP contribution >= 0.6 is 11.6 Å². The molecule has 1 aromatic carbocycles. The first-order chi connectivity index (χ1) is 15.5. The Balaban J connectivity index is 2.10. The Kier molecular flexibility index (Phi) is 5.53. The van der Waals surface area contributed by atoms with Crippen LogP contribution in [0.25, 0.3) is 22.0 Å². The van der Waals surface area contributed by atoms with Crippen molar-refractivity contribution in [3.63, 3.8) is 0 Å². The third kappa shape index (κ3) is 4.50. The minimum atomic E-state index is -4.44. The van der Waals surface area contributed by atoms with Crippen LogP contribution in [0.4, 0.5) is 5.82 Å². The molecule has 4 aromatic rings. The third-order valence-electron chi connectivity index (χ3n) is 4.75. The minimum absolute atomic E-state index is 0.0492. The molecule has 0 saturated carbocycles. The van der Waals surface area contributed by atoms with E-state index >= 15 is 0 Å². The van der Waals surface area contributed by atoms with Gasteiger partial charge in [-0.3, -0.25) is 14.6 Å². The van der Waals surface area contributed by atoms with Crippen LogP contribution in [0.3, 0.4) is 0 Å². The molecule has 12 nitrogen and oxygen atoms in total. The zero-order chi connectivity index (χ0) is 23.9. The van der Waals surface area contributed by atoms with Crippen molar-refractivity contribution in [3.05, 3.63) is 79.8 Å². The van der Waals surface area contributed by atoms with Crippen LogP contribution in [0.5, 0.6) is 0 Å². The molecule has 3 aromatic heterocycles. The number of pyridine rings is 1. The van der Waals surface area contributed by atoms with Gasteiger partial charge in [0.1, 0.15) is 11.5 Å². The molecule has 0 atom stereocenters. The average molecular weight is 490 g/mol. The first-order valence-electron chi connectivity index (χ1n) is 9.23. The number of anilines is 1. The van der Waals surface area contributed by atoms with Gasteiger partial charge in [0.15, 0.2) is 0 Å². The molecule has 1 amide bonds. The van der Waals surface area contributed by atoms with E-state index in [1.165, 1.54) is 16.8 Å². The smallest absolute Gasteiger partial charge is 0.325 e. The quantitative estimate of drug-likeness (QED) is 0.265. The van der Waals surface area contributed by atoms with E-state index in [9.17, 15) is 22.8 Å².